The predicted octanol–water partition coefficient (Wildman–Crippen LogP) is 4.13. The highest BCUT2D eigenvalue weighted by molar-refractivity contribution is 7.80. The molecule has 3 rings (SSSR count). The zero-order valence-corrected chi connectivity index (χ0v) is 14.9. The summed E-state index contributed by atoms with van der Waals surface area (Å²) in [6.45, 7) is 0. The molecule has 2 heterocycles. The van der Waals surface area contributed by atoms with Crippen LogP contribution in [0.25, 0.3) is 11.0 Å². The van der Waals surface area contributed by atoms with Gasteiger partial charge in [-0.25, -0.2) is 18.6 Å². The number of hydrogen-bond donors (Lipinski definition) is 3. The maximum absolute atomic E-state index is 13.8. The number of carbonyl (C=O) groups is 1. The maximum Gasteiger partial charge on any atom is 0.490 e. The molecule has 5 nitrogen and oxygen atoms in total. The van der Waals surface area contributed by atoms with E-state index in [4.69, 9.17) is 9.90 Å². The quantitative estimate of drug-likeness (QED) is 0.439. The minimum absolute atomic E-state index is 0.128. The zero-order chi connectivity index (χ0) is 20.9. The molecule has 2 aromatic heterocycles. The molecule has 0 radical (unpaired) electrons. The van der Waals surface area contributed by atoms with Gasteiger partial charge >= 0.3 is 12.1 Å². The van der Waals surface area contributed by atoms with Gasteiger partial charge < -0.3 is 10.1 Å². The molecular weight excluding hydrogens is 405 g/mol. The van der Waals surface area contributed by atoms with Crippen molar-refractivity contribution in [3.8, 4) is 0 Å². The van der Waals surface area contributed by atoms with E-state index in [-0.39, 0.29) is 5.92 Å². The van der Waals surface area contributed by atoms with E-state index in [2.05, 4.69) is 27.6 Å². The van der Waals surface area contributed by atoms with Crippen LogP contribution in [0.15, 0.2) is 36.7 Å². The van der Waals surface area contributed by atoms with E-state index in [1.165, 1.54) is 6.07 Å². The number of pyridine rings is 1. The fraction of sp³-hybridized carbons (Fsp3) is 0.235. The van der Waals surface area contributed by atoms with Gasteiger partial charge in [0.1, 0.15) is 5.82 Å². The molecule has 1 aromatic carbocycles. The van der Waals surface area contributed by atoms with Gasteiger partial charge in [0.05, 0.1) is 17.2 Å². The van der Waals surface area contributed by atoms with Crippen LogP contribution in [0.5, 0.6) is 0 Å². The number of rotatable bonds is 4. The van der Waals surface area contributed by atoms with E-state index < -0.39 is 23.8 Å². The molecule has 0 amide bonds. The first-order chi connectivity index (χ1) is 13.1. The van der Waals surface area contributed by atoms with Crippen LogP contribution in [-0.4, -0.2) is 38.0 Å². The number of fused-ring (bicyclic) bond motifs is 1. The maximum atomic E-state index is 13.8. The number of nitrogens with one attached hydrogen (secondary N) is 1. The summed E-state index contributed by atoms with van der Waals surface area (Å²) in [5.74, 6) is -3.34. The van der Waals surface area contributed by atoms with Crippen LogP contribution in [0, 0.1) is 11.6 Å². The number of nitrogens with zero attached hydrogens (tertiary/aromatic N) is 2. The minimum Gasteiger partial charge on any atom is -0.475 e. The molecule has 0 saturated heterocycles. The molecule has 11 heteroatoms. The topological polar surface area (TPSA) is 78.9 Å². The first kappa shape index (κ1) is 21.6. The smallest absolute Gasteiger partial charge is 0.475 e. The number of carboxylic acids is 1. The molecule has 0 fully saturated rings. The molecule has 0 bridgehead atoms. The lowest BCUT2D eigenvalue weighted by molar-refractivity contribution is -0.192. The first-order valence-electron chi connectivity index (χ1n) is 7.77. The molecule has 1 atom stereocenters. The number of alkyl halides is 3. The van der Waals surface area contributed by atoms with Gasteiger partial charge in [-0.05, 0) is 24.1 Å². The second-order valence-electron chi connectivity index (χ2n) is 5.61. The normalized spacial score (nSPS) is 12.4. The molecule has 0 aliphatic heterocycles. The second-order valence-corrected chi connectivity index (χ2v) is 5.98. The van der Waals surface area contributed by atoms with Crippen LogP contribution in [0.1, 0.15) is 17.3 Å². The lowest BCUT2D eigenvalue weighted by atomic mass is 10.00. The lowest BCUT2D eigenvalue weighted by Gasteiger charge is -2.12. The summed E-state index contributed by atoms with van der Waals surface area (Å²) in [5.41, 5.74) is 1.94. The van der Waals surface area contributed by atoms with Gasteiger partial charge in [0.2, 0.25) is 0 Å². The Morgan fingerprint density at radius 1 is 1.25 bits per heavy atom. The SMILES string of the molecule is Fc1cccc(C[C@H](CS)c2nc3ccncc3[nH]2)c1F.O=C(O)C(F)(F)F. The van der Waals surface area contributed by atoms with E-state index >= 15 is 0 Å². The van der Waals surface area contributed by atoms with E-state index in [0.717, 1.165) is 17.1 Å². The van der Waals surface area contributed by atoms with Gasteiger partial charge in [-0.2, -0.15) is 25.8 Å². The van der Waals surface area contributed by atoms with Gasteiger partial charge in [0.15, 0.2) is 11.6 Å². The lowest BCUT2D eigenvalue weighted by Crippen LogP contribution is -2.21. The highest BCUT2D eigenvalue weighted by Crippen LogP contribution is 2.24. The van der Waals surface area contributed by atoms with Crippen molar-refractivity contribution >= 4 is 29.6 Å². The zero-order valence-electron chi connectivity index (χ0n) is 14.0. The predicted molar refractivity (Wildman–Crippen MR) is 94.2 cm³/mol. The van der Waals surface area contributed by atoms with E-state index in [9.17, 15) is 22.0 Å². The van der Waals surface area contributed by atoms with Crippen molar-refractivity contribution in [1.82, 2.24) is 15.0 Å². The molecule has 28 heavy (non-hydrogen) atoms. The molecule has 2 N–H and O–H groups in total. The molecule has 0 aliphatic rings. The van der Waals surface area contributed by atoms with Crippen LogP contribution in [-0.2, 0) is 11.2 Å². The number of aromatic amines is 1. The largest absolute Gasteiger partial charge is 0.490 e. The Hall–Kier alpha value is -2.69. The third kappa shape index (κ3) is 5.41. The Morgan fingerprint density at radius 3 is 2.50 bits per heavy atom. The average Bonchev–Trinajstić information content (AvgIpc) is 3.06. The fourth-order valence-corrected chi connectivity index (χ4v) is 2.59. The number of halogens is 5. The number of hydrogen-bond acceptors (Lipinski definition) is 4. The Labute approximate surface area is 161 Å². The Bertz CT molecular complexity index is 928. The van der Waals surface area contributed by atoms with Crippen molar-refractivity contribution in [2.75, 3.05) is 5.75 Å². The Morgan fingerprint density at radius 2 is 1.93 bits per heavy atom. The highest BCUT2D eigenvalue weighted by atomic mass is 32.1. The third-order valence-electron chi connectivity index (χ3n) is 3.65. The molecule has 3 aromatic rings. The molecule has 0 saturated carbocycles. The summed E-state index contributed by atoms with van der Waals surface area (Å²) in [5, 5.41) is 7.12. The number of carboxylic acid groups (broad SMARTS) is 1. The van der Waals surface area contributed by atoms with Gasteiger partial charge in [0, 0.05) is 17.9 Å². The van der Waals surface area contributed by atoms with Gasteiger partial charge in [-0.3, -0.25) is 4.98 Å². The van der Waals surface area contributed by atoms with Gasteiger partial charge in [0.25, 0.3) is 0 Å². The number of thiol groups is 1. The number of aromatic nitrogens is 3. The minimum atomic E-state index is -5.08. The van der Waals surface area contributed by atoms with Crippen LogP contribution in [0.4, 0.5) is 22.0 Å². The Balaban J connectivity index is 0.000000345. The van der Waals surface area contributed by atoms with E-state index in [1.54, 1.807) is 24.5 Å². The highest BCUT2D eigenvalue weighted by Gasteiger charge is 2.38. The average molecular weight is 419 g/mol. The van der Waals surface area contributed by atoms with Crippen LogP contribution in [0.3, 0.4) is 0 Å². The van der Waals surface area contributed by atoms with Crippen molar-refractivity contribution in [3.05, 3.63) is 59.7 Å². The van der Waals surface area contributed by atoms with Crippen LogP contribution in [0.2, 0.25) is 0 Å². The summed E-state index contributed by atoms with van der Waals surface area (Å²) in [4.78, 5) is 20.6. The van der Waals surface area contributed by atoms with Gasteiger partial charge in [-0.1, -0.05) is 12.1 Å². The summed E-state index contributed by atoms with van der Waals surface area (Å²) >= 11 is 4.31. The van der Waals surface area contributed by atoms with Gasteiger partial charge in [-0.15, -0.1) is 0 Å². The molecule has 150 valence electrons. The number of benzene rings is 1. The van der Waals surface area contributed by atoms with Crippen LogP contribution >= 0.6 is 12.6 Å². The van der Waals surface area contributed by atoms with E-state index in [0.29, 0.717) is 23.6 Å². The third-order valence-corrected chi connectivity index (χ3v) is 4.09. The van der Waals surface area contributed by atoms with Crippen molar-refractivity contribution < 1.29 is 31.9 Å². The van der Waals surface area contributed by atoms with Crippen LogP contribution < -0.4 is 0 Å². The number of aliphatic carboxylic acids is 1. The summed E-state index contributed by atoms with van der Waals surface area (Å²) < 4.78 is 58.8. The van der Waals surface area contributed by atoms with Crippen molar-refractivity contribution in [1.29, 1.82) is 0 Å². The first-order valence-corrected chi connectivity index (χ1v) is 8.40. The summed E-state index contributed by atoms with van der Waals surface area (Å²) in [6.07, 6.45) is -1.40. The Kier molecular flexibility index (Phi) is 6.95. The van der Waals surface area contributed by atoms with Crippen molar-refractivity contribution in [2.45, 2.75) is 18.5 Å². The summed E-state index contributed by atoms with van der Waals surface area (Å²) in [6, 6.07) is 6.00. The molecule has 0 unspecified atom stereocenters. The fourth-order valence-electron chi connectivity index (χ4n) is 2.29. The second kappa shape index (κ2) is 9.00. The molecular formula is C17H14F5N3O2S. The van der Waals surface area contributed by atoms with Crippen molar-refractivity contribution in [3.63, 3.8) is 0 Å². The number of imidazole rings is 1. The van der Waals surface area contributed by atoms with E-state index in [1.807, 2.05) is 0 Å². The number of H-pyrrole nitrogens is 1. The van der Waals surface area contributed by atoms with Crippen molar-refractivity contribution in [2.24, 2.45) is 0 Å². The monoisotopic (exact) mass is 419 g/mol. The molecule has 0 aliphatic carbocycles. The molecule has 0 spiro atoms. The standard InChI is InChI=1S/C15H13F2N3S.C2HF3O2/c16-11-3-1-2-9(14(11)17)6-10(8-21)15-19-12-4-5-18-7-13(12)20-15;3-2(4,5)1(6)7/h1-5,7,10,21H,6,8H2,(H,19,20);(H,6,7)/t10-;/m1./s1. The summed E-state index contributed by atoms with van der Waals surface area (Å²) in [7, 11) is 0.